The van der Waals surface area contributed by atoms with E-state index in [0.717, 1.165) is 30.2 Å². The smallest absolute Gasteiger partial charge is 0.339 e. The Morgan fingerprint density at radius 3 is 2.65 bits per heavy atom. The molecule has 0 saturated heterocycles. The van der Waals surface area contributed by atoms with Crippen LogP contribution < -0.4 is 10.4 Å². The van der Waals surface area contributed by atoms with Gasteiger partial charge in [-0.05, 0) is 55.2 Å². The first-order valence-corrected chi connectivity index (χ1v) is 8.60. The van der Waals surface area contributed by atoms with Gasteiger partial charge in [-0.1, -0.05) is 11.6 Å². The van der Waals surface area contributed by atoms with Crippen LogP contribution in [-0.4, -0.2) is 12.4 Å². The topological polar surface area (TPSA) is 56.5 Å². The Balaban J connectivity index is 1.62. The molecule has 0 unspecified atom stereocenters. The number of carbonyl (C=O) groups is 1. The first-order valence-electron chi connectivity index (χ1n) is 8.22. The number of carbonyl (C=O) groups excluding carboxylic acids is 1. The number of ketones is 1. The lowest BCUT2D eigenvalue weighted by Gasteiger charge is -2.10. The van der Waals surface area contributed by atoms with Crippen LogP contribution in [0.1, 0.15) is 27.9 Å². The summed E-state index contributed by atoms with van der Waals surface area (Å²) in [6.07, 6.45) is 2.45. The highest BCUT2D eigenvalue weighted by Crippen LogP contribution is 2.34. The Kier molecular flexibility index (Phi) is 4.24. The van der Waals surface area contributed by atoms with E-state index >= 15 is 0 Å². The number of Topliss-reactive ketones (excluding diaryl/α,β-unsaturated/α-hetero) is 1. The van der Waals surface area contributed by atoms with E-state index in [1.54, 1.807) is 6.07 Å². The van der Waals surface area contributed by atoms with Gasteiger partial charge in [0.05, 0.1) is 5.02 Å². The van der Waals surface area contributed by atoms with E-state index in [9.17, 15) is 14.0 Å². The Labute approximate surface area is 153 Å². The lowest BCUT2D eigenvalue weighted by atomic mass is 10.1. The number of hydrogen-bond donors (Lipinski definition) is 0. The maximum Gasteiger partial charge on any atom is 0.339 e. The number of fused-ring (bicyclic) bond motifs is 3. The third kappa shape index (κ3) is 2.99. The van der Waals surface area contributed by atoms with Crippen LogP contribution in [0, 0.1) is 5.82 Å². The van der Waals surface area contributed by atoms with Gasteiger partial charge in [0.15, 0.2) is 12.4 Å². The van der Waals surface area contributed by atoms with Crippen LogP contribution in [0.15, 0.2) is 45.6 Å². The van der Waals surface area contributed by atoms with Crippen molar-refractivity contribution in [3.8, 4) is 5.75 Å². The van der Waals surface area contributed by atoms with Crippen LogP contribution in [0.2, 0.25) is 5.02 Å². The van der Waals surface area contributed by atoms with Gasteiger partial charge in [0.25, 0.3) is 0 Å². The van der Waals surface area contributed by atoms with Gasteiger partial charge in [0.1, 0.15) is 17.1 Å². The van der Waals surface area contributed by atoms with Crippen LogP contribution in [-0.2, 0) is 12.8 Å². The molecule has 1 aromatic heterocycles. The maximum absolute atomic E-state index is 12.9. The van der Waals surface area contributed by atoms with Gasteiger partial charge in [-0.25, -0.2) is 9.18 Å². The van der Waals surface area contributed by atoms with Gasteiger partial charge < -0.3 is 9.15 Å². The number of hydrogen-bond acceptors (Lipinski definition) is 4. The van der Waals surface area contributed by atoms with Crippen LogP contribution in [0.4, 0.5) is 4.39 Å². The predicted molar refractivity (Wildman–Crippen MR) is 95.7 cm³/mol. The molecule has 0 aliphatic heterocycles. The summed E-state index contributed by atoms with van der Waals surface area (Å²) in [4.78, 5) is 24.2. The molecule has 4 rings (SSSR count). The number of halogens is 2. The lowest BCUT2D eigenvalue weighted by Crippen LogP contribution is -2.12. The molecule has 4 nitrogen and oxygen atoms in total. The van der Waals surface area contributed by atoms with Crippen LogP contribution in [0.5, 0.6) is 5.75 Å². The Morgan fingerprint density at radius 2 is 1.88 bits per heavy atom. The van der Waals surface area contributed by atoms with Gasteiger partial charge in [0.2, 0.25) is 0 Å². The van der Waals surface area contributed by atoms with Gasteiger partial charge >= 0.3 is 5.63 Å². The standard InChI is InChI=1S/C20H14ClFO4/c21-16-8-15-13-2-1-3-14(13)20(24)26-18(15)9-19(16)25-10-17(23)11-4-6-12(22)7-5-11/h4-9H,1-3,10H2. The highest BCUT2D eigenvalue weighted by molar-refractivity contribution is 6.32. The van der Waals surface area contributed by atoms with E-state index in [2.05, 4.69) is 0 Å². The van der Waals surface area contributed by atoms with Crippen molar-refractivity contribution in [2.45, 2.75) is 19.3 Å². The summed E-state index contributed by atoms with van der Waals surface area (Å²) in [5.41, 5.74) is 2.10. The number of aryl methyl sites for hydroxylation is 1. The first-order chi connectivity index (χ1) is 12.5. The fourth-order valence-electron chi connectivity index (χ4n) is 3.26. The molecule has 0 N–H and O–H groups in total. The van der Waals surface area contributed by atoms with Crippen molar-refractivity contribution < 1.29 is 18.3 Å². The normalized spacial score (nSPS) is 13.0. The van der Waals surface area contributed by atoms with Gasteiger partial charge in [-0.3, -0.25) is 4.79 Å². The van der Waals surface area contributed by atoms with Crippen LogP contribution >= 0.6 is 11.6 Å². The highest BCUT2D eigenvalue weighted by Gasteiger charge is 2.21. The molecular formula is C20H14ClFO4. The minimum atomic E-state index is -0.414. The van der Waals surface area contributed by atoms with Crippen LogP contribution in [0.3, 0.4) is 0 Å². The Morgan fingerprint density at radius 1 is 1.15 bits per heavy atom. The molecule has 132 valence electrons. The fourth-order valence-corrected chi connectivity index (χ4v) is 3.47. The largest absolute Gasteiger partial charge is 0.484 e. The van der Waals surface area contributed by atoms with Crippen molar-refractivity contribution in [2.24, 2.45) is 0 Å². The summed E-state index contributed by atoms with van der Waals surface area (Å²) >= 11 is 6.29. The van der Waals surface area contributed by atoms with Crippen molar-refractivity contribution >= 4 is 28.4 Å². The molecule has 1 aliphatic carbocycles. The van der Waals surface area contributed by atoms with E-state index < -0.39 is 5.82 Å². The Hall–Kier alpha value is -2.66. The quantitative estimate of drug-likeness (QED) is 0.505. The van der Waals surface area contributed by atoms with E-state index in [4.69, 9.17) is 20.8 Å². The average molecular weight is 373 g/mol. The molecule has 0 atom stereocenters. The summed E-state index contributed by atoms with van der Waals surface area (Å²) in [5.74, 6) is -0.463. The second-order valence-corrected chi connectivity index (χ2v) is 6.60. The zero-order chi connectivity index (χ0) is 18.3. The van der Waals surface area contributed by atoms with Crippen molar-refractivity contribution in [2.75, 3.05) is 6.61 Å². The Bertz CT molecular complexity index is 1070. The zero-order valence-corrected chi connectivity index (χ0v) is 14.4. The summed E-state index contributed by atoms with van der Waals surface area (Å²) < 4.78 is 23.8. The third-order valence-electron chi connectivity index (χ3n) is 4.55. The van der Waals surface area contributed by atoms with Gasteiger partial charge in [-0.15, -0.1) is 0 Å². The number of ether oxygens (including phenoxy) is 1. The molecule has 0 amide bonds. The van der Waals surface area contributed by atoms with Crippen molar-refractivity contribution in [3.63, 3.8) is 0 Å². The summed E-state index contributed by atoms with van der Waals surface area (Å²) in [7, 11) is 0. The first kappa shape index (κ1) is 16.8. The van der Waals surface area contributed by atoms with Crippen molar-refractivity contribution in [3.05, 3.63) is 74.3 Å². The summed E-state index contributed by atoms with van der Waals surface area (Å²) in [6.45, 7) is -0.258. The minimum absolute atomic E-state index is 0.258. The fraction of sp³-hybridized carbons (Fsp3) is 0.200. The second kappa shape index (κ2) is 6.57. The summed E-state index contributed by atoms with van der Waals surface area (Å²) in [6, 6.07) is 8.46. The average Bonchev–Trinajstić information content (AvgIpc) is 3.12. The van der Waals surface area contributed by atoms with Crippen molar-refractivity contribution in [1.29, 1.82) is 0 Å². The van der Waals surface area contributed by atoms with E-state index in [1.807, 2.05) is 0 Å². The molecule has 0 saturated carbocycles. The van der Waals surface area contributed by atoms with E-state index in [0.29, 0.717) is 21.7 Å². The molecule has 0 spiro atoms. The third-order valence-corrected chi connectivity index (χ3v) is 4.85. The van der Waals surface area contributed by atoms with Gasteiger partial charge in [-0.2, -0.15) is 0 Å². The monoisotopic (exact) mass is 372 g/mol. The minimum Gasteiger partial charge on any atom is -0.484 e. The molecule has 1 aliphatic rings. The highest BCUT2D eigenvalue weighted by atomic mass is 35.5. The second-order valence-electron chi connectivity index (χ2n) is 6.20. The van der Waals surface area contributed by atoms with E-state index in [-0.39, 0.29) is 23.8 Å². The molecule has 6 heteroatoms. The van der Waals surface area contributed by atoms with E-state index in [1.165, 1.54) is 30.3 Å². The molecule has 0 bridgehead atoms. The van der Waals surface area contributed by atoms with Crippen LogP contribution in [0.25, 0.3) is 11.0 Å². The van der Waals surface area contributed by atoms with Gasteiger partial charge in [0, 0.05) is 22.6 Å². The SMILES string of the molecule is O=C(COc1cc2oc(=O)c3c(c2cc1Cl)CCC3)c1ccc(F)cc1. The number of rotatable bonds is 4. The number of benzene rings is 2. The lowest BCUT2D eigenvalue weighted by molar-refractivity contribution is 0.0921. The summed E-state index contributed by atoms with van der Waals surface area (Å²) in [5, 5.41) is 1.15. The molecule has 26 heavy (non-hydrogen) atoms. The molecule has 1 heterocycles. The zero-order valence-electron chi connectivity index (χ0n) is 13.7. The molecule has 2 aromatic carbocycles. The molecular weight excluding hydrogens is 359 g/mol. The molecule has 0 fully saturated rings. The predicted octanol–water partition coefficient (Wildman–Crippen LogP) is 4.34. The van der Waals surface area contributed by atoms with Crippen molar-refractivity contribution in [1.82, 2.24) is 0 Å². The molecule has 3 aromatic rings. The maximum atomic E-state index is 12.9. The molecule has 0 radical (unpaired) electrons.